The minimum Gasteiger partial charge on any atom is -0.497 e. The number of methoxy groups -OCH3 is 1. The van der Waals surface area contributed by atoms with Crippen molar-refractivity contribution >= 4 is 46.6 Å². The summed E-state index contributed by atoms with van der Waals surface area (Å²) in [6, 6.07) is 41.3. The predicted octanol–water partition coefficient (Wildman–Crippen LogP) is 16.0. The highest BCUT2D eigenvalue weighted by atomic mass is 16.7. The molecule has 0 amide bonds. The van der Waals surface area contributed by atoms with Crippen LogP contribution in [-0.4, -0.2) is 49.7 Å². The molecular weight excluding hydrogens is 1060 g/mol. The summed E-state index contributed by atoms with van der Waals surface area (Å²) in [7, 11) is 1.60. The van der Waals surface area contributed by atoms with Gasteiger partial charge in [-0.2, -0.15) is 0 Å². The van der Waals surface area contributed by atoms with Crippen LogP contribution in [0.4, 0.5) is 0 Å². The van der Waals surface area contributed by atoms with E-state index in [9.17, 15) is 28.8 Å². The zero-order chi connectivity index (χ0) is 62.2. The molecule has 0 spiro atoms. The summed E-state index contributed by atoms with van der Waals surface area (Å²) in [5.74, 6) is 3.74. The zero-order valence-corrected chi connectivity index (χ0v) is 51.6. The molecule has 6 aromatic rings. The first kappa shape index (κ1) is 69.1. The summed E-state index contributed by atoms with van der Waals surface area (Å²) in [4.78, 5) is 69.9. The molecule has 15 heteroatoms. The lowest BCUT2D eigenvalue weighted by Crippen LogP contribution is -2.28. The van der Waals surface area contributed by atoms with Gasteiger partial charge in [0.1, 0.15) is 40.2 Å². The Labute approximate surface area is 491 Å². The maximum atomic E-state index is 12.1. The van der Waals surface area contributed by atoms with E-state index in [0.29, 0.717) is 52.4 Å². The van der Waals surface area contributed by atoms with Crippen LogP contribution in [-0.2, 0) is 28.8 Å². The van der Waals surface area contributed by atoms with E-state index in [2.05, 4.69) is 0 Å². The summed E-state index contributed by atoms with van der Waals surface area (Å²) < 4.78 is 46.9. The lowest BCUT2D eigenvalue weighted by Gasteiger charge is -2.20. The smallest absolute Gasteiger partial charge is 0.316 e. The SMILES string of the molecule is CCC(C)(C)C(=O)Oc1ccc(OC(C)=O)cc1.CCC(C)(C)C(=O)Oc1ccc(OC)cc1.CCC(C)(C)C(=O)Oc1ccc2c(c1)OCO2.CCC(C)(C)C(=O)Oc1cccc2ccccc12.CCC(C)(C)C(=O)Oc1ccccc1. The number of hydrogen-bond acceptors (Lipinski definition) is 15. The molecule has 0 bridgehead atoms. The largest absolute Gasteiger partial charge is 0.497 e. The van der Waals surface area contributed by atoms with Crippen LogP contribution in [0.5, 0.6) is 51.7 Å². The van der Waals surface area contributed by atoms with Crippen molar-refractivity contribution < 1.29 is 71.4 Å². The lowest BCUT2D eigenvalue weighted by atomic mass is 9.90. The quantitative estimate of drug-likeness (QED) is 0.0620. The molecular formula is C68H86O15. The Balaban J connectivity index is 0.000000273. The molecule has 0 N–H and O–H groups in total. The first-order valence-electron chi connectivity index (χ1n) is 27.9. The third-order valence-electron chi connectivity index (χ3n) is 14.2. The number of carbonyl (C=O) groups is 6. The van der Waals surface area contributed by atoms with Gasteiger partial charge in [-0.05, 0) is 186 Å². The molecule has 0 aliphatic carbocycles. The number of esters is 6. The number of carbonyl (C=O) groups excluding carboxylic acids is 6. The van der Waals surface area contributed by atoms with Gasteiger partial charge in [-0.25, -0.2) is 0 Å². The molecule has 0 saturated carbocycles. The van der Waals surface area contributed by atoms with Crippen molar-refractivity contribution in [2.24, 2.45) is 27.1 Å². The molecule has 7 rings (SSSR count). The third kappa shape index (κ3) is 22.2. The molecule has 0 fully saturated rings. The van der Waals surface area contributed by atoms with Crippen LogP contribution in [0, 0.1) is 27.1 Å². The van der Waals surface area contributed by atoms with Crippen LogP contribution < -0.4 is 42.6 Å². The molecule has 0 atom stereocenters. The van der Waals surface area contributed by atoms with Crippen molar-refractivity contribution in [3.63, 3.8) is 0 Å². The Morgan fingerprint density at radius 1 is 0.373 bits per heavy atom. The van der Waals surface area contributed by atoms with Crippen molar-refractivity contribution in [3.8, 4) is 51.7 Å². The molecule has 83 heavy (non-hydrogen) atoms. The van der Waals surface area contributed by atoms with E-state index in [1.807, 2.05) is 165 Å². The van der Waals surface area contributed by atoms with Gasteiger partial charge in [0.15, 0.2) is 11.5 Å². The van der Waals surface area contributed by atoms with Gasteiger partial charge in [-0.1, -0.05) is 89.2 Å². The second-order valence-electron chi connectivity index (χ2n) is 22.7. The Morgan fingerprint density at radius 2 is 0.711 bits per heavy atom. The van der Waals surface area contributed by atoms with E-state index >= 15 is 0 Å². The highest BCUT2D eigenvalue weighted by molar-refractivity contribution is 5.91. The average molecular weight is 1140 g/mol. The summed E-state index contributed by atoms with van der Waals surface area (Å²) in [6.07, 6.45) is 3.73. The van der Waals surface area contributed by atoms with E-state index in [4.69, 9.17) is 42.6 Å². The van der Waals surface area contributed by atoms with Gasteiger partial charge in [0.25, 0.3) is 0 Å². The van der Waals surface area contributed by atoms with E-state index < -0.39 is 27.1 Å². The minimum atomic E-state index is -0.505. The fourth-order valence-corrected chi connectivity index (χ4v) is 6.04. The van der Waals surface area contributed by atoms with Gasteiger partial charge in [0.05, 0.1) is 34.2 Å². The Bertz CT molecular complexity index is 3040. The van der Waals surface area contributed by atoms with Crippen molar-refractivity contribution in [1.82, 2.24) is 0 Å². The van der Waals surface area contributed by atoms with Crippen LogP contribution in [0.25, 0.3) is 10.8 Å². The molecule has 448 valence electrons. The molecule has 15 nitrogen and oxygen atoms in total. The lowest BCUT2D eigenvalue weighted by molar-refractivity contribution is -0.144. The highest BCUT2D eigenvalue weighted by Crippen LogP contribution is 2.36. The standard InChI is InChI=1S/C16H18O2.C14H18O4.C13H16O4.C13H18O3.C12H16O2/c1-4-16(2,3)15(17)18-14-11-7-9-12-8-5-6-10-13(12)14;1-5-14(3,4)13(16)18-12-8-6-11(7-9-12)17-10(2)15;1-4-13(2,3)12(14)17-9-5-6-10-11(7-9)16-8-15-10;1-5-13(2,3)12(14)16-11-8-6-10(15-4)7-9-11;1-4-12(2,3)11(13)14-10-8-6-5-7-9-10/h5-11H,4H2,1-3H3;6-9H,5H2,1-4H3;5-7H,4,8H2,1-3H3;6-9H,5H2,1-4H3;5-9H,4H2,1-3H3. The molecule has 0 unspecified atom stereocenters. The molecule has 1 aliphatic heterocycles. The maximum absolute atomic E-state index is 12.1. The predicted molar refractivity (Wildman–Crippen MR) is 322 cm³/mol. The normalized spacial score (nSPS) is 11.6. The van der Waals surface area contributed by atoms with Gasteiger partial charge >= 0.3 is 35.8 Å². The summed E-state index contributed by atoms with van der Waals surface area (Å²) in [6.45, 7) is 30.1. The van der Waals surface area contributed by atoms with E-state index in [0.717, 1.165) is 42.2 Å². The Hall–Kier alpha value is -8.20. The van der Waals surface area contributed by atoms with Gasteiger partial charge in [-0.15, -0.1) is 0 Å². The number of ether oxygens (including phenoxy) is 9. The van der Waals surface area contributed by atoms with Crippen LogP contribution in [0.15, 0.2) is 140 Å². The molecule has 0 saturated heterocycles. The number of para-hydroxylation sites is 1. The number of benzene rings is 6. The first-order valence-corrected chi connectivity index (χ1v) is 27.9. The average Bonchev–Trinajstić information content (AvgIpc) is 4.16. The molecule has 0 aromatic heterocycles. The van der Waals surface area contributed by atoms with Crippen LogP contribution in [0.1, 0.15) is 143 Å². The van der Waals surface area contributed by atoms with E-state index in [1.165, 1.54) is 6.92 Å². The van der Waals surface area contributed by atoms with Crippen LogP contribution >= 0.6 is 0 Å². The van der Waals surface area contributed by atoms with E-state index in [1.54, 1.807) is 86.0 Å². The van der Waals surface area contributed by atoms with Gasteiger partial charge in [0.2, 0.25) is 6.79 Å². The molecule has 1 aliphatic rings. The first-order chi connectivity index (χ1) is 39.0. The monoisotopic (exact) mass is 1140 g/mol. The molecule has 0 radical (unpaired) electrons. The second kappa shape index (κ2) is 31.9. The van der Waals surface area contributed by atoms with E-state index in [-0.39, 0.29) is 42.6 Å². The van der Waals surface area contributed by atoms with Gasteiger partial charge < -0.3 is 42.6 Å². The summed E-state index contributed by atoms with van der Waals surface area (Å²) >= 11 is 0. The summed E-state index contributed by atoms with van der Waals surface area (Å²) in [5.41, 5.74) is -2.28. The second-order valence-corrected chi connectivity index (χ2v) is 22.7. The summed E-state index contributed by atoms with van der Waals surface area (Å²) in [5, 5.41) is 2.05. The topological polar surface area (TPSA) is 185 Å². The Morgan fingerprint density at radius 3 is 1.13 bits per heavy atom. The van der Waals surface area contributed by atoms with Crippen molar-refractivity contribution in [2.45, 2.75) is 143 Å². The highest BCUT2D eigenvalue weighted by Gasteiger charge is 2.31. The van der Waals surface area contributed by atoms with Gasteiger partial charge in [0, 0.05) is 18.4 Å². The third-order valence-corrected chi connectivity index (χ3v) is 14.2. The zero-order valence-electron chi connectivity index (χ0n) is 51.6. The maximum Gasteiger partial charge on any atom is 0.316 e. The number of fused-ring (bicyclic) bond motifs is 2. The van der Waals surface area contributed by atoms with Crippen molar-refractivity contribution in [2.75, 3.05) is 13.9 Å². The van der Waals surface area contributed by atoms with Gasteiger partial charge in [-0.3, -0.25) is 28.8 Å². The fraction of sp³-hybridized carbons (Fsp3) is 0.412. The number of rotatable bonds is 17. The van der Waals surface area contributed by atoms with Crippen molar-refractivity contribution in [3.05, 3.63) is 140 Å². The minimum absolute atomic E-state index is 0.175. The van der Waals surface area contributed by atoms with Crippen LogP contribution in [0.2, 0.25) is 0 Å². The Kier molecular flexibility index (Phi) is 26.5. The van der Waals surface area contributed by atoms with Crippen molar-refractivity contribution in [1.29, 1.82) is 0 Å². The number of hydrogen-bond donors (Lipinski definition) is 0. The van der Waals surface area contributed by atoms with Crippen LogP contribution in [0.3, 0.4) is 0 Å². The molecule has 6 aromatic carbocycles. The molecule has 1 heterocycles. The fourth-order valence-electron chi connectivity index (χ4n) is 6.04.